The number of imidazole rings is 1. The lowest BCUT2D eigenvalue weighted by Gasteiger charge is -2.08. The smallest absolute Gasteiger partial charge is 0.131 e. The summed E-state index contributed by atoms with van der Waals surface area (Å²) in [6, 6.07) is 9.39. The molecule has 92 valence electrons. The predicted molar refractivity (Wildman–Crippen MR) is 71.6 cm³/mol. The largest absolute Gasteiger partial charge is 0.383 e. The first-order valence-corrected chi connectivity index (χ1v) is 5.93. The van der Waals surface area contributed by atoms with Crippen LogP contribution in [0.4, 0.5) is 5.82 Å². The van der Waals surface area contributed by atoms with Crippen molar-refractivity contribution in [3.05, 3.63) is 36.2 Å². The molecule has 0 aliphatic carbocycles. The Kier molecular flexibility index (Phi) is 3.33. The molecule has 0 aliphatic rings. The molecule has 0 saturated heterocycles. The number of hydrogen-bond acceptors (Lipinski definition) is 3. The Balaban J connectivity index is 2.33. The van der Waals surface area contributed by atoms with Gasteiger partial charge in [-0.2, -0.15) is 5.26 Å². The number of nitrogens with two attached hydrogens (primary N) is 1. The summed E-state index contributed by atoms with van der Waals surface area (Å²) in [5, 5.41) is 8.76. The van der Waals surface area contributed by atoms with Gasteiger partial charge in [0.15, 0.2) is 0 Å². The predicted octanol–water partition coefficient (Wildman–Crippen LogP) is 2.66. The summed E-state index contributed by atoms with van der Waals surface area (Å²) < 4.78 is 1.96. The van der Waals surface area contributed by atoms with Crippen molar-refractivity contribution < 1.29 is 0 Å². The molecule has 0 saturated carbocycles. The fourth-order valence-electron chi connectivity index (χ4n) is 1.86. The van der Waals surface area contributed by atoms with Crippen molar-refractivity contribution in [3.63, 3.8) is 0 Å². The van der Waals surface area contributed by atoms with Crippen LogP contribution in [0.1, 0.15) is 19.4 Å². The van der Waals surface area contributed by atoms with E-state index < -0.39 is 0 Å². The SMILES string of the molecule is CC(C)Cn1cnc(-c2ccc(C#N)cc2)c1N. The highest BCUT2D eigenvalue weighted by Gasteiger charge is 2.10. The molecule has 1 aromatic carbocycles. The summed E-state index contributed by atoms with van der Waals surface area (Å²) in [7, 11) is 0. The summed E-state index contributed by atoms with van der Waals surface area (Å²) in [6.45, 7) is 5.14. The molecular weight excluding hydrogens is 224 g/mol. The molecule has 0 amide bonds. The topological polar surface area (TPSA) is 67.6 Å². The first-order chi connectivity index (χ1) is 8.61. The van der Waals surface area contributed by atoms with Crippen molar-refractivity contribution >= 4 is 5.82 Å². The van der Waals surface area contributed by atoms with Gasteiger partial charge in [0.2, 0.25) is 0 Å². The van der Waals surface area contributed by atoms with Gasteiger partial charge in [-0.15, -0.1) is 0 Å². The zero-order chi connectivity index (χ0) is 13.1. The minimum atomic E-state index is 0.523. The van der Waals surface area contributed by atoms with Gasteiger partial charge >= 0.3 is 0 Å². The van der Waals surface area contributed by atoms with Crippen LogP contribution >= 0.6 is 0 Å². The van der Waals surface area contributed by atoms with Crippen LogP contribution in [0.15, 0.2) is 30.6 Å². The summed E-state index contributed by atoms with van der Waals surface area (Å²) in [5.74, 6) is 1.20. The van der Waals surface area contributed by atoms with E-state index in [4.69, 9.17) is 11.0 Å². The second-order valence-electron chi connectivity index (χ2n) is 4.71. The second-order valence-corrected chi connectivity index (χ2v) is 4.71. The van der Waals surface area contributed by atoms with Crippen molar-refractivity contribution in [3.8, 4) is 17.3 Å². The minimum absolute atomic E-state index is 0.523. The number of nitrogen functional groups attached to an aromatic ring is 1. The lowest BCUT2D eigenvalue weighted by Crippen LogP contribution is -2.06. The van der Waals surface area contributed by atoms with Crippen LogP contribution in [0.5, 0.6) is 0 Å². The zero-order valence-electron chi connectivity index (χ0n) is 10.6. The Morgan fingerprint density at radius 3 is 2.56 bits per heavy atom. The molecular formula is C14H16N4. The molecule has 2 N–H and O–H groups in total. The Bertz CT molecular complexity index is 573. The van der Waals surface area contributed by atoms with Gasteiger partial charge in [0.05, 0.1) is 18.0 Å². The molecule has 0 radical (unpaired) electrons. The van der Waals surface area contributed by atoms with Crippen LogP contribution in [-0.2, 0) is 6.54 Å². The molecule has 4 heteroatoms. The molecule has 0 fully saturated rings. The van der Waals surface area contributed by atoms with Gasteiger partial charge in [0.1, 0.15) is 11.5 Å². The number of hydrogen-bond donors (Lipinski definition) is 1. The van der Waals surface area contributed by atoms with Crippen LogP contribution in [0, 0.1) is 17.2 Å². The molecule has 0 spiro atoms. The van der Waals surface area contributed by atoms with Crippen LogP contribution in [0.2, 0.25) is 0 Å². The van der Waals surface area contributed by atoms with Crippen LogP contribution in [0.25, 0.3) is 11.3 Å². The summed E-state index contributed by atoms with van der Waals surface area (Å²) in [6.07, 6.45) is 1.77. The fraction of sp³-hybridized carbons (Fsp3) is 0.286. The maximum atomic E-state index is 8.76. The lowest BCUT2D eigenvalue weighted by atomic mass is 10.1. The standard InChI is InChI=1S/C14H16N4/c1-10(2)8-18-9-17-13(14(18)16)12-5-3-11(7-15)4-6-12/h3-6,9-10H,8,16H2,1-2H3. The van der Waals surface area contributed by atoms with Crippen molar-refractivity contribution in [2.75, 3.05) is 5.73 Å². The Labute approximate surface area is 107 Å². The summed E-state index contributed by atoms with van der Waals surface area (Å²) >= 11 is 0. The number of rotatable bonds is 3. The Morgan fingerprint density at radius 1 is 1.33 bits per heavy atom. The summed E-state index contributed by atoms with van der Waals surface area (Å²) in [5.41, 5.74) is 8.44. The van der Waals surface area contributed by atoms with Gasteiger partial charge in [0.25, 0.3) is 0 Å². The van der Waals surface area contributed by atoms with E-state index in [2.05, 4.69) is 24.9 Å². The van der Waals surface area contributed by atoms with Gasteiger partial charge < -0.3 is 10.3 Å². The molecule has 0 aliphatic heterocycles. The first kappa shape index (κ1) is 12.2. The maximum absolute atomic E-state index is 8.76. The van der Waals surface area contributed by atoms with E-state index in [1.54, 1.807) is 18.5 Å². The van der Waals surface area contributed by atoms with E-state index in [1.807, 2.05) is 16.7 Å². The molecule has 0 unspecified atom stereocenters. The van der Waals surface area contributed by atoms with Crippen LogP contribution in [0.3, 0.4) is 0 Å². The molecule has 2 aromatic rings. The van der Waals surface area contributed by atoms with E-state index in [-0.39, 0.29) is 0 Å². The number of benzene rings is 1. The normalized spacial score (nSPS) is 10.6. The van der Waals surface area contributed by atoms with Crippen molar-refractivity contribution in [2.45, 2.75) is 20.4 Å². The van der Waals surface area contributed by atoms with Crippen LogP contribution < -0.4 is 5.73 Å². The molecule has 0 atom stereocenters. The third-order valence-corrected chi connectivity index (χ3v) is 2.73. The molecule has 2 rings (SSSR count). The van der Waals surface area contributed by atoms with E-state index in [0.717, 1.165) is 17.8 Å². The van der Waals surface area contributed by atoms with E-state index >= 15 is 0 Å². The second kappa shape index (κ2) is 4.92. The third kappa shape index (κ3) is 2.35. The molecule has 4 nitrogen and oxygen atoms in total. The molecule has 1 aromatic heterocycles. The van der Waals surface area contributed by atoms with E-state index in [9.17, 15) is 0 Å². The number of nitrogens with zero attached hydrogens (tertiary/aromatic N) is 3. The monoisotopic (exact) mass is 240 g/mol. The highest BCUT2D eigenvalue weighted by molar-refractivity contribution is 5.70. The maximum Gasteiger partial charge on any atom is 0.131 e. The number of nitriles is 1. The summed E-state index contributed by atoms with van der Waals surface area (Å²) in [4.78, 5) is 4.35. The van der Waals surface area contributed by atoms with Gasteiger partial charge in [-0.1, -0.05) is 26.0 Å². The van der Waals surface area contributed by atoms with Crippen molar-refractivity contribution in [1.29, 1.82) is 5.26 Å². The number of aromatic nitrogens is 2. The lowest BCUT2D eigenvalue weighted by molar-refractivity contribution is 0.527. The third-order valence-electron chi connectivity index (χ3n) is 2.73. The van der Waals surface area contributed by atoms with Gasteiger partial charge in [-0.3, -0.25) is 0 Å². The van der Waals surface area contributed by atoms with E-state index in [0.29, 0.717) is 17.3 Å². The fourth-order valence-corrected chi connectivity index (χ4v) is 1.86. The quantitative estimate of drug-likeness (QED) is 0.896. The van der Waals surface area contributed by atoms with Crippen molar-refractivity contribution in [2.24, 2.45) is 5.92 Å². The Hall–Kier alpha value is -2.28. The average molecular weight is 240 g/mol. The molecule has 1 heterocycles. The highest BCUT2D eigenvalue weighted by Crippen LogP contribution is 2.24. The highest BCUT2D eigenvalue weighted by atomic mass is 15.1. The zero-order valence-corrected chi connectivity index (χ0v) is 10.6. The first-order valence-electron chi connectivity index (χ1n) is 5.93. The van der Waals surface area contributed by atoms with E-state index in [1.165, 1.54) is 0 Å². The van der Waals surface area contributed by atoms with Gasteiger partial charge in [0, 0.05) is 12.1 Å². The minimum Gasteiger partial charge on any atom is -0.383 e. The van der Waals surface area contributed by atoms with Crippen molar-refractivity contribution in [1.82, 2.24) is 9.55 Å². The van der Waals surface area contributed by atoms with Gasteiger partial charge in [-0.25, -0.2) is 4.98 Å². The van der Waals surface area contributed by atoms with Crippen LogP contribution in [-0.4, -0.2) is 9.55 Å². The molecule has 0 bridgehead atoms. The number of anilines is 1. The average Bonchev–Trinajstić information content (AvgIpc) is 2.71. The van der Waals surface area contributed by atoms with Gasteiger partial charge in [-0.05, 0) is 18.1 Å². The molecule has 18 heavy (non-hydrogen) atoms. The Morgan fingerprint density at radius 2 is 2.00 bits per heavy atom.